The van der Waals surface area contributed by atoms with E-state index in [4.69, 9.17) is 16.5 Å². The maximum Gasteiger partial charge on any atom is 0.199 e. The van der Waals surface area contributed by atoms with Gasteiger partial charge in [0.15, 0.2) is 11.6 Å². The Kier molecular flexibility index (Phi) is 7.73. The third-order valence-corrected chi connectivity index (χ3v) is 7.13. The third-order valence-electron chi connectivity index (χ3n) is 7.13. The second-order valence-corrected chi connectivity index (χ2v) is 10.1. The van der Waals surface area contributed by atoms with Crippen LogP contribution in [0.3, 0.4) is 0 Å². The van der Waals surface area contributed by atoms with Gasteiger partial charge in [0.25, 0.3) is 0 Å². The molecule has 1 aliphatic rings. The predicted molar refractivity (Wildman–Crippen MR) is 139 cm³/mol. The van der Waals surface area contributed by atoms with E-state index in [1.54, 1.807) is 12.1 Å². The molecule has 0 spiro atoms. The molecule has 37 heavy (non-hydrogen) atoms. The molecule has 3 unspecified atom stereocenters. The first-order valence-electron chi connectivity index (χ1n) is 12.6. The van der Waals surface area contributed by atoms with Crippen molar-refractivity contribution in [1.29, 1.82) is 0 Å². The number of aliphatic hydroxyl groups is 1. The number of hydrogen-bond donors (Lipinski definition) is 4. The Labute approximate surface area is 215 Å². The molecule has 0 saturated heterocycles. The van der Waals surface area contributed by atoms with E-state index in [1.807, 2.05) is 19.1 Å². The monoisotopic (exact) mass is 508 g/mol. The molecule has 4 rings (SSSR count). The number of nitrogens with one attached hydrogen (secondary N) is 1. The van der Waals surface area contributed by atoms with Crippen LogP contribution in [0.5, 0.6) is 0 Å². The fourth-order valence-corrected chi connectivity index (χ4v) is 5.34. The number of aromatic amines is 1. The Morgan fingerprint density at radius 2 is 1.84 bits per heavy atom. The molecular weight excluding hydrogens is 474 g/mol. The van der Waals surface area contributed by atoms with Crippen LogP contribution < -0.4 is 11.5 Å². The van der Waals surface area contributed by atoms with Crippen LogP contribution in [-0.4, -0.2) is 25.3 Å². The maximum atomic E-state index is 14.5. The quantitative estimate of drug-likeness (QED) is 0.348. The van der Waals surface area contributed by atoms with E-state index >= 15 is 0 Å². The molecule has 0 aliphatic heterocycles. The number of aliphatic hydroxyl groups excluding tert-OH is 1. The number of aromatic nitrogens is 4. The van der Waals surface area contributed by atoms with Gasteiger partial charge in [-0.15, -0.1) is 0 Å². The average molecular weight is 509 g/mol. The SMILES string of the molecule is CC[C@H](O)c1nc(-c2cccc(C3CC(C)C(C(C)C)C(/C=C(\N)c4c(F)cccc4F)=C3N)n2)n[nH]1. The molecule has 1 aliphatic carbocycles. The third kappa shape index (κ3) is 5.27. The van der Waals surface area contributed by atoms with Crippen molar-refractivity contribution in [2.75, 3.05) is 0 Å². The first-order valence-corrected chi connectivity index (χ1v) is 12.6. The van der Waals surface area contributed by atoms with E-state index < -0.39 is 17.7 Å². The summed E-state index contributed by atoms with van der Waals surface area (Å²) in [5, 5.41) is 17.0. The zero-order valence-corrected chi connectivity index (χ0v) is 21.5. The summed E-state index contributed by atoms with van der Waals surface area (Å²) < 4.78 is 28.9. The van der Waals surface area contributed by atoms with Gasteiger partial charge in [-0.2, -0.15) is 5.10 Å². The van der Waals surface area contributed by atoms with E-state index in [1.165, 1.54) is 18.2 Å². The van der Waals surface area contributed by atoms with Gasteiger partial charge < -0.3 is 16.6 Å². The molecule has 1 aromatic carbocycles. The van der Waals surface area contributed by atoms with Crippen LogP contribution in [0.15, 0.2) is 53.7 Å². The summed E-state index contributed by atoms with van der Waals surface area (Å²) in [6, 6.07) is 9.26. The van der Waals surface area contributed by atoms with Crippen molar-refractivity contribution < 1.29 is 13.9 Å². The number of allylic oxidation sites excluding steroid dienone is 3. The number of hydrogen-bond acceptors (Lipinski definition) is 6. The van der Waals surface area contributed by atoms with E-state index in [-0.39, 0.29) is 34.9 Å². The standard InChI is InChI=1S/C28H34F2N6O/c1-5-23(37)28-34-27(35-36-28)22-11-7-10-21(33-22)16-12-15(4)24(14(2)3)17(26(16)32)13-20(31)25-18(29)8-6-9-19(25)30/h6-11,13-16,23-24,37H,5,12,31-32H2,1-4H3,(H,34,35,36)/b20-13-/t15?,16?,23-,24?/m0/s1. The van der Waals surface area contributed by atoms with Crippen LogP contribution in [-0.2, 0) is 0 Å². The fourth-order valence-electron chi connectivity index (χ4n) is 5.34. The Bertz CT molecular complexity index is 1310. The molecule has 0 fully saturated rings. The normalized spacial score (nSPS) is 21.5. The van der Waals surface area contributed by atoms with Crippen molar-refractivity contribution in [2.45, 2.75) is 52.6 Å². The van der Waals surface area contributed by atoms with Gasteiger partial charge in [0.05, 0.1) is 11.3 Å². The Balaban J connectivity index is 1.78. The molecule has 7 nitrogen and oxygen atoms in total. The van der Waals surface area contributed by atoms with Crippen LogP contribution >= 0.6 is 0 Å². The molecule has 0 bridgehead atoms. The van der Waals surface area contributed by atoms with Crippen LogP contribution in [0.4, 0.5) is 8.78 Å². The van der Waals surface area contributed by atoms with Gasteiger partial charge in [-0.05, 0) is 66.5 Å². The van der Waals surface area contributed by atoms with Crippen LogP contribution in [0.25, 0.3) is 17.2 Å². The molecule has 2 aromatic heterocycles. The lowest BCUT2D eigenvalue weighted by atomic mass is 9.68. The fraction of sp³-hybridized carbons (Fsp3) is 0.393. The number of halogens is 2. The summed E-state index contributed by atoms with van der Waals surface area (Å²) in [5.74, 6) is -0.399. The average Bonchev–Trinajstić information content (AvgIpc) is 3.36. The number of H-pyrrole nitrogens is 1. The first kappa shape index (κ1) is 26.5. The van der Waals surface area contributed by atoms with Gasteiger partial charge in [0.1, 0.15) is 23.4 Å². The number of benzene rings is 1. The highest BCUT2D eigenvalue weighted by Crippen LogP contribution is 2.45. The lowest BCUT2D eigenvalue weighted by Gasteiger charge is -2.38. The molecule has 0 saturated carbocycles. The van der Waals surface area contributed by atoms with Crippen molar-refractivity contribution in [1.82, 2.24) is 20.2 Å². The van der Waals surface area contributed by atoms with E-state index in [0.29, 0.717) is 29.5 Å². The summed E-state index contributed by atoms with van der Waals surface area (Å²) in [6.07, 6.45) is 2.16. The molecule has 2 heterocycles. The minimum Gasteiger partial charge on any atom is -0.401 e. The number of nitrogens with zero attached hydrogens (tertiary/aromatic N) is 3. The second kappa shape index (κ2) is 10.8. The topological polar surface area (TPSA) is 127 Å². The minimum atomic E-state index is -0.728. The van der Waals surface area contributed by atoms with Gasteiger partial charge in [0.2, 0.25) is 0 Å². The molecule has 3 aromatic rings. The van der Waals surface area contributed by atoms with Crippen molar-refractivity contribution in [3.8, 4) is 11.5 Å². The Morgan fingerprint density at radius 3 is 2.49 bits per heavy atom. The van der Waals surface area contributed by atoms with Gasteiger partial charge in [-0.3, -0.25) is 5.10 Å². The molecule has 0 radical (unpaired) electrons. The zero-order chi connectivity index (χ0) is 26.9. The van der Waals surface area contributed by atoms with Crippen molar-refractivity contribution in [2.24, 2.45) is 29.2 Å². The van der Waals surface area contributed by atoms with Gasteiger partial charge in [-0.1, -0.05) is 39.8 Å². The van der Waals surface area contributed by atoms with Crippen molar-refractivity contribution in [3.05, 3.63) is 82.5 Å². The predicted octanol–water partition coefficient (Wildman–Crippen LogP) is 5.20. The van der Waals surface area contributed by atoms with Gasteiger partial charge >= 0.3 is 0 Å². The first-order chi connectivity index (χ1) is 17.6. The second-order valence-electron chi connectivity index (χ2n) is 10.1. The van der Waals surface area contributed by atoms with Crippen LogP contribution in [0.2, 0.25) is 0 Å². The highest BCUT2D eigenvalue weighted by Gasteiger charge is 2.36. The summed E-state index contributed by atoms with van der Waals surface area (Å²) in [7, 11) is 0. The summed E-state index contributed by atoms with van der Waals surface area (Å²) >= 11 is 0. The summed E-state index contributed by atoms with van der Waals surface area (Å²) in [4.78, 5) is 9.20. The lowest BCUT2D eigenvalue weighted by Crippen LogP contribution is -2.32. The number of pyridine rings is 1. The van der Waals surface area contributed by atoms with Crippen molar-refractivity contribution >= 4 is 5.70 Å². The van der Waals surface area contributed by atoms with E-state index in [0.717, 1.165) is 17.7 Å². The highest BCUT2D eigenvalue weighted by atomic mass is 19.1. The highest BCUT2D eigenvalue weighted by molar-refractivity contribution is 5.67. The maximum absolute atomic E-state index is 14.5. The molecule has 0 amide bonds. The van der Waals surface area contributed by atoms with Crippen molar-refractivity contribution in [3.63, 3.8) is 0 Å². The molecule has 4 atom stereocenters. The smallest absolute Gasteiger partial charge is 0.199 e. The number of rotatable bonds is 7. The molecule has 9 heteroatoms. The summed E-state index contributed by atoms with van der Waals surface area (Å²) in [6.45, 7) is 8.21. The minimum absolute atomic E-state index is 0.00325. The van der Waals surface area contributed by atoms with Crippen LogP contribution in [0.1, 0.15) is 69.6 Å². The van der Waals surface area contributed by atoms with E-state index in [9.17, 15) is 13.9 Å². The Morgan fingerprint density at radius 1 is 1.16 bits per heavy atom. The van der Waals surface area contributed by atoms with E-state index in [2.05, 4.69) is 36.0 Å². The number of nitrogens with two attached hydrogens (primary N) is 2. The Hall–Kier alpha value is -3.59. The molecule has 6 N–H and O–H groups in total. The van der Waals surface area contributed by atoms with Gasteiger partial charge in [-0.25, -0.2) is 18.7 Å². The zero-order valence-electron chi connectivity index (χ0n) is 21.5. The summed E-state index contributed by atoms with van der Waals surface area (Å²) in [5.41, 5.74) is 15.4. The molecule has 196 valence electrons. The largest absolute Gasteiger partial charge is 0.401 e. The lowest BCUT2D eigenvalue weighted by molar-refractivity contribution is 0.164. The van der Waals surface area contributed by atoms with Crippen LogP contribution in [0, 0.1) is 29.4 Å². The molecular formula is C28H34F2N6O. The van der Waals surface area contributed by atoms with Gasteiger partial charge in [0, 0.05) is 17.3 Å².